The number of ether oxygens (including phenoxy) is 1. The van der Waals surface area contributed by atoms with Crippen molar-refractivity contribution in [3.63, 3.8) is 0 Å². The Morgan fingerprint density at radius 1 is 1.09 bits per heavy atom. The van der Waals surface area contributed by atoms with Gasteiger partial charge in [0, 0.05) is 25.3 Å². The van der Waals surface area contributed by atoms with E-state index in [9.17, 15) is 18.0 Å². The highest BCUT2D eigenvalue weighted by atomic mass is 32.2. The Balaban J connectivity index is 1.73. The van der Waals surface area contributed by atoms with Crippen LogP contribution in [-0.4, -0.2) is 57.7 Å². The van der Waals surface area contributed by atoms with Gasteiger partial charge in [0.1, 0.15) is 17.6 Å². The number of anilines is 1. The average Bonchev–Trinajstić information content (AvgIpc) is 3.01. The minimum absolute atomic E-state index is 0.0804. The minimum Gasteiger partial charge on any atom is -0.484 e. The lowest BCUT2D eigenvalue weighted by Crippen LogP contribution is -2.34. The van der Waals surface area contributed by atoms with Crippen LogP contribution in [0.2, 0.25) is 0 Å². The number of benzene rings is 2. The molecule has 1 aliphatic heterocycles. The number of carbonyl (C=O) groups excluding carboxylic acids is 2. The van der Waals surface area contributed by atoms with Gasteiger partial charge in [-0.3, -0.25) is 19.3 Å². The zero-order valence-corrected chi connectivity index (χ0v) is 19.1. The first kappa shape index (κ1) is 23.3. The minimum atomic E-state index is -3.69. The first-order valence-electron chi connectivity index (χ1n) is 10.0. The zero-order chi connectivity index (χ0) is 23.5. The molecule has 10 heteroatoms. The molecule has 0 bridgehead atoms. The van der Waals surface area contributed by atoms with Crippen LogP contribution in [0.4, 0.5) is 5.69 Å². The van der Waals surface area contributed by atoms with Gasteiger partial charge in [-0.2, -0.15) is 0 Å². The number of hydrogen-bond acceptors (Lipinski definition) is 6. The largest absolute Gasteiger partial charge is 0.484 e. The zero-order valence-electron chi connectivity index (χ0n) is 18.3. The van der Waals surface area contributed by atoms with E-state index in [-0.39, 0.29) is 35.1 Å². The molecular formula is C22H26N4O5S. The van der Waals surface area contributed by atoms with Crippen LogP contribution in [0.25, 0.3) is 0 Å². The molecule has 3 rings (SSSR count). The van der Waals surface area contributed by atoms with Crippen molar-refractivity contribution >= 4 is 33.4 Å². The summed E-state index contributed by atoms with van der Waals surface area (Å²) in [6, 6.07) is 12.3. The number of hydrogen-bond donors (Lipinski definition) is 2. The quantitative estimate of drug-likeness (QED) is 0.657. The summed E-state index contributed by atoms with van der Waals surface area (Å²) in [7, 11) is -0.392. The molecule has 9 nitrogen and oxygen atoms in total. The maximum Gasteiger partial charge on any atom is 0.263 e. The molecule has 2 N–H and O–H groups in total. The van der Waals surface area contributed by atoms with Crippen molar-refractivity contribution < 1.29 is 22.7 Å². The van der Waals surface area contributed by atoms with Gasteiger partial charge in [0.25, 0.3) is 15.9 Å². The molecule has 32 heavy (non-hydrogen) atoms. The third-order valence-corrected chi connectivity index (χ3v) is 6.21. The Kier molecular flexibility index (Phi) is 6.83. The summed E-state index contributed by atoms with van der Waals surface area (Å²) in [4.78, 5) is 30.5. The van der Waals surface area contributed by atoms with E-state index >= 15 is 0 Å². The first-order chi connectivity index (χ1) is 15.1. The Morgan fingerprint density at radius 2 is 1.75 bits per heavy atom. The second-order valence-electron chi connectivity index (χ2n) is 7.86. The van der Waals surface area contributed by atoms with Gasteiger partial charge < -0.3 is 15.0 Å². The van der Waals surface area contributed by atoms with E-state index in [2.05, 4.69) is 15.0 Å². The third kappa shape index (κ3) is 5.25. The molecule has 1 aliphatic rings. The molecule has 170 valence electrons. The number of sulfonamides is 1. The lowest BCUT2D eigenvalue weighted by Gasteiger charge is -2.17. The topological polar surface area (TPSA) is 117 Å². The highest BCUT2D eigenvalue weighted by Crippen LogP contribution is 2.24. The van der Waals surface area contributed by atoms with E-state index in [1.54, 1.807) is 56.6 Å². The summed E-state index contributed by atoms with van der Waals surface area (Å²) in [6.07, 6.45) is 0. The van der Waals surface area contributed by atoms with Gasteiger partial charge in [-0.15, -0.1) is 0 Å². The molecule has 2 aromatic carbocycles. The highest BCUT2D eigenvalue weighted by molar-refractivity contribution is 7.90. The number of likely N-dealkylation sites (N-methyl/N-ethyl adjacent to an activating group) is 1. The van der Waals surface area contributed by atoms with E-state index in [1.807, 2.05) is 13.8 Å². The molecule has 0 spiro atoms. The summed E-state index contributed by atoms with van der Waals surface area (Å²) < 4.78 is 32.5. The van der Waals surface area contributed by atoms with Crippen molar-refractivity contribution in [1.29, 1.82) is 0 Å². The summed E-state index contributed by atoms with van der Waals surface area (Å²) >= 11 is 0. The third-order valence-electron chi connectivity index (χ3n) is 4.81. The van der Waals surface area contributed by atoms with Crippen LogP contribution in [0, 0.1) is 5.92 Å². The van der Waals surface area contributed by atoms with Crippen LogP contribution >= 0.6 is 0 Å². The van der Waals surface area contributed by atoms with E-state index in [0.29, 0.717) is 17.0 Å². The molecule has 1 atom stereocenters. The fourth-order valence-corrected chi connectivity index (χ4v) is 4.24. The Labute approximate surface area is 187 Å². The number of nitrogens with one attached hydrogen (secondary N) is 2. The predicted octanol–water partition coefficient (Wildman–Crippen LogP) is 1.86. The predicted molar refractivity (Wildman–Crippen MR) is 121 cm³/mol. The lowest BCUT2D eigenvalue weighted by molar-refractivity contribution is -0.130. The fraction of sp³-hybridized carbons (Fsp3) is 0.318. The summed E-state index contributed by atoms with van der Waals surface area (Å²) in [5.74, 6) is -0.0584. The van der Waals surface area contributed by atoms with E-state index in [0.717, 1.165) is 0 Å². The van der Waals surface area contributed by atoms with Crippen molar-refractivity contribution in [3.05, 3.63) is 54.1 Å². The van der Waals surface area contributed by atoms with Crippen molar-refractivity contribution in [2.45, 2.75) is 24.8 Å². The van der Waals surface area contributed by atoms with Gasteiger partial charge in [-0.25, -0.2) is 8.42 Å². The second-order valence-corrected chi connectivity index (χ2v) is 9.51. The average molecular weight is 459 g/mol. The maximum atomic E-state index is 12.9. The SMILES string of the molecule is CC(C)[C@H](N=C1NS(=O)(=O)c2ccccc21)C(=O)Nc1ccc(OCC(=O)N(C)C)cc1. The molecule has 0 unspecified atom stereocenters. The van der Waals surface area contributed by atoms with Crippen LogP contribution in [0.15, 0.2) is 58.4 Å². The lowest BCUT2D eigenvalue weighted by atomic mass is 10.0. The first-order valence-corrected chi connectivity index (χ1v) is 11.5. The maximum absolute atomic E-state index is 12.9. The van der Waals surface area contributed by atoms with Gasteiger partial charge >= 0.3 is 0 Å². The molecular weight excluding hydrogens is 432 g/mol. The molecule has 0 saturated carbocycles. The monoisotopic (exact) mass is 458 g/mol. The van der Waals surface area contributed by atoms with Crippen molar-refractivity contribution in [2.75, 3.05) is 26.0 Å². The van der Waals surface area contributed by atoms with E-state index in [4.69, 9.17) is 4.74 Å². The number of fused-ring (bicyclic) bond motifs is 1. The molecule has 2 aromatic rings. The van der Waals surface area contributed by atoms with Gasteiger partial charge in [0.15, 0.2) is 6.61 Å². The van der Waals surface area contributed by atoms with Crippen LogP contribution in [-0.2, 0) is 19.6 Å². The normalized spacial score (nSPS) is 16.2. The number of carbonyl (C=O) groups is 2. The molecule has 0 aliphatic carbocycles. The van der Waals surface area contributed by atoms with Gasteiger partial charge in [0.2, 0.25) is 5.91 Å². The van der Waals surface area contributed by atoms with Crippen LogP contribution in [0.5, 0.6) is 5.75 Å². The molecule has 1 heterocycles. The second kappa shape index (κ2) is 9.39. The molecule has 0 fully saturated rings. The molecule has 0 saturated heterocycles. The van der Waals surface area contributed by atoms with Crippen LogP contribution in [0.1, 0.15) is 19.4 Å². The standard InChI is InChI=1S/C22H26N4O5S/c1-14(2)20(24-21-17-7-5-6-8-18(17)32(29,30)25-21)22(28)23-15-9-11-16(12-10-15)31-13-19(27)26(3)4/h5-12,14,20H,13H2,1-4H3,(H,23,28)(H,24,25)/t20-/m0/s1. The highest BCUT2D eigenvalue weighted by Gasteiger charge is 2.32. The van der Waals surface area contributed by atoms with Crippen LogP contribution in [0.3, 0.4) is 0 Å². The van der Waals surface area contributed by atoms with Gasteiger partial charge in [-0.05, 0) is 42.3 Å². The number of amidine groups is 1. The van der Waals surface area contributed by atoms with Crippen LogP contribution < -0.4 is 14.8 Å². The Hall–Kier alpha value is -3.40. The van der Waals surface area contributed by atoms with E-state index in [1.165, 1.54) is 11.0 Å². The fourth-order valence-electron chi connectivity index (χ4n) is 3.00. The summed E-state index contributed by atoms with van der Waals surface area (Å²) in [6.45, 7) is 3.59. The molecule has 0 radical (unpaired) electrons. The Morgan fingerprint density at radius 3 is 2.38 bits per heavy atom. The van der Waals surface area contributed by atoms with Gasteiger partial charge in [0.05, 0.1) is 4.90 Å². The van der Waals surface area contributed by atoms with Crippen molar-refractivity contribution in [2.24, 2.45) is 10.9 Å². The van der Waals surface area contributed by atoms with Crippen molar-refractivity contribution in [1.82, 2.24) is 9.62 Å². The number of amides is 2. The van der Waals surface area contributed by atoms with Gasteiger partial charge in [-0.1, -0.05) is 26.0 Å². The number of nitrogens with zero attached hydrogens (tertiary/aromatic N) is 2. The number of rotatable bonds is 7. The smallest absolute Gasteiger partial charge is 0.263 e. The molecule has 0 aromatic heterocycles. The number of aliphatic imine (C=N–C) groups is 1. The van der Waals surface area contributed by atoms with E-state index < -0.39 is 16.1 Å². The molecule has 2 amide bonds. The Bertz CT molecular complexity index is 1140. The van der Waals surface area contributed by atoms with Crippen molar-refractivity contribution in [3.8, 4) is 5.75 Å². The summed E-state index contributed by atoms with van der Waals surface area (Å²) in [5, 5.41) is 2.80. The summed E-state index contributed by atoms with van der Waals surface area (Å²) in [5.41, 5.74) is 0.972.